The van der Waals surface area contributed by atoms with Crippen LogP contribution >= 0.6 is 23.2 Å². The number of imide groups is 1. The summed E-state index contributed by atoms with van der Waals surface area (Å²) in [5.74, 6) is -1.69. The molecule has 2 N–H and O–H groups in total. The Kier molecular flexibility index (Phi) is 6.16. The Balaban J connectivity index is 1.88. The number of ether oxygens (including phenoxy) is 1. The Morgan fingerprint density at radius 2 is 1.87 bits per heavy atom. The number of aryl methyl sites for hydroxylation is 1. The first-order valence-corrected chi connectivity index (χ1v) is 10.3. The van der Waals surface area contributed by atoms with E-state index in [1.807, 2.05) is 0 Å². The number of nitrogens with one attached hydrogen (secondary N) is 2. The zero-order valence-corrected chi connectivity index (χ0v) is 18.9. The van der Waals surface area contributed by atoms with E-state index in [0.717, 1.165) is 4.90 Å². The van der Waals surface area contributed by atoms with Crippen molar-refractivity contribution < 1.29 is 23.9 Å². The zero-order chi connectivity index (χ0) is 23.1. The lowest BCUT2D eigenvalue weighted by Crippen LogP contribution is -2.41. The van der Waals surface area contributed by atoms with Gasteiger partial charge < -0.3 is 15.0 Å². The first-order chi connectivity index (χ1) is 14.5. The van der Waals surface area contributed by atoms with E-state index in [9.17, 15) is 19.2 Å². The minimum Gasteiger partial charge on any atom is -0.461 e. The number of carbonyl (C=O) groups excluding carboxylic acids is 4. The second-order valence-corrected chi connectivity index (χ2v) is 8.18. The summed E-state index contributed by atoms with van der Waals surface area (Å²) in [5.41, 5.74) is 0.166. The van der Waals surface area contributed by atoms with Crippen LogP contribution in [0.5, 0.6) is 0 Å². The zero-order valence-electron chi connectivity index (χ0n) is 17.4. The number of nitrogens with zero attached hydrogens (tertiary/aromatic N) is 1. The summed E-state index contributed by atoms with van der Waals surface area (Å²) >= 11 is 12.2. The van der Waals surface area contributed by atoms with Gasteiger partial charge in [-0.25, -0.2) is 9.59 Å². The molecule has 0 spiro atoms. The molecule has 1 unspecified atom stereocenters. The van der Waals surface area contributed by atoms with Crippen LogP contribution in [0.15, 0.2) is 18.2 Å². The molecule has 1 aromatic carbocycles. The van der Waals surface area contributed by atoms with Crippen LogP contribution in [0.3, 0.4) is 0 Å². The Bertz CT molecular complexity index is 1110. The van der Waals surface area contributed by atoms with Gasteiger partial charge in [0.1, 0.15) is 11.2 Å². The smallest absolute Gasteiger partial charge is 0.355 e. The highest BCUT2D eigenvalue weighted by Gasteiger charge is 2.50. The molecule has 164 valence electrons. The van der Waals surface area contributed by atoms with E-state index in [-0.39, 0.29) is 22.9 Å². The Morgan fingerprint density at radius 1 is 1.19 bits per heavy atom. The number of rotatable bonds is 6. The predicted molar refractivity (Wildman–Crippen MR) is 115 cm³/mol. The van der Waals surface area contributed by atoms with Crippen LogP contribution in [0.2, 0.25) is 10.0 Å². The van der Waals surface area contributed by atoms with Crippen molar-refractivity contribution in [1.29, 1.82) is 0 Å². The van der Waals surface area contributed by atoms with Crippen LogP contribution in [-0.4, -0.2) is 46.7 Å². The maximum absolute atomic E-state index is 13.1. The highest BCUT2D eigenvalue weighted by Crippen LogP contribution is 2.35. The van der Waals surface area contributed by atoms with Gasteiger partial charge in [0.05, 0.1) is 13.2 Å². The SMILES string of the molecule is CCOC(=O)c1[nH]c(C)c(C(=O)CN2C(=O)NC(C)(c3ccc(Cl)cc3Cl)C2=O)c1C. The first kappa shape index (κ1) is 22.8. The van der Waals surface area contributed by atoms with E-state index in [4.69, 9.17) is 27.9 Å². The molecule has 1 saturated heterocycles. The van der Waals surface area contributed by atoms with Crippen molar-refractivity contribution in [3.63, 3.8) is 0 Å². The number of carbonyl (C=O) groups is 4. The van der Waals surface area contributed by atoms with Gasteiger partial charge in [-0.15, -0.1) is 0 Å². The molecule has 2 aromatic rings. The number of urea groups is 1. The van der Waals surface area contributed by atoms with Crippen molar-refractivity contribution in [2.45, 2.75) is 33.2 Å². The molecule has 0 radical (unpaired) electrons. The number of ketones is 1. The van der Waals surface area contributed by atoms with E-state index >= 15 is 0 Å². The minimum absolute atomic E-state index is 0.165. The second kappa shape index (κ2) is 8.36. The highest BCUT2D eigenvalue weighted by atomic mass is 35.5. The lowest BCUT2D eigenvalue weighted by Gasteiger charge is -2.23. The summed E-state index contributed by atoms with van der Waals surface area (Å²) in [6.45, 7) is 6.12. The van der Waals surface area contributed by atoms with E-state index in [1.165, 1.54) is 13.0 Å². The normalized spacial score (nSPS) is 18.3. The molecule has 2 heterocycles. The van der Waals surface area contributed by atoms with Crippen molar-refractivity contribution in [1.82, 2.24) is 15.2 Å². The Hall–Kier alpha value is -2.84. The molecular formula is C21H21Cl2N3O5. The number of aromatic nitrogens is 1. The van der Waals surface area contributed by atoms with E-state index in [2.05, 4.69) is 10.3 Å². The molecule has 3 rings (SSSR count). The molecule has 0 bridgehead atoms. The molecule has 3 amide bonds. The third-order valence-corrected chi connectivity index (χ3v) is 5.79. The lowest BCUT2D eigenvalue weighted by molar-refractivity contribution is -0.130. The fourth-order valence-corrected chi connectivity index (χ4v) is 4.31. The number of Topliss-reactive ketones (excluding diaryl/α,β-unsaturated/α-hetero) is 1. The molecule has 31 heavy (non-hydrogen) atoms. The summed E-state index contributed by atoms with van der Waals surface area (Å²) in [7, 11) is 0. The number of amides is 3. The van der Waals surface area contributed by atoms with Crippen molar-refractivity contribution >= 4 is 46.9 Å². The van der Waals surface area contributed by atoms with Crippen LogP contribution in [0, 0.1) is 13.8 Å². The average Bonchev–Trinajstić information content (AvgIpc) is 3.09. The Labute approximate surface area is 188 Å². The monoisotopic (exact) mass is 465 g/mol. The largest absolute Gasteiger partial charge is 0.461 e. The van der Waals surface area contributed by atoms with Crippen molar-refractivity contribution in [3.8, 4) is 0 Å². The van der Waals surface area contributed by atoms with Crippen LogP contribution in [-0.2, 0) is 15.1 Å². The number of halogens is 2. The summed E-state index contributed by atoms with van der Waals surface area (Å²) in [4.78, 5) is 54.5. The fourth-order valence-electron chi connectivity index (χ4n) is 3.72. The van der Waals surface area contributed by atoms with Crippen molar-refractivity contribution in [3.05, 3.63) is 56.3 Å². The van der Waals surface area contributed by atoms with Gasteiger partial charge >= 0.3 is 12.0 Å². The Morgan fingerprint density at radius 3 is 2.48 bits per heavy atom. The number of aromatic amines is 1. The van der Waals surface area contributed by atoms with Crippen LogP contribution in [0.1, 0.15) is 51.5 Å². The van der Waals surface area contributed by atoms with Gasteiger partial charge in [0.15, 0.2) is 5.78 Å². The predicted octanol–water partition coefficient (Wildman–Crippen LogP) is 3.76. The molecule has 1 aromatic heterocycles. The second-order valence-electron chi connectivity index (χ2n) is 7.34. The molecule has 10 heteroatoms. The van der Waals surface area contributed by atoms with Crippen LogP contribution in [0.25, 0.3) is 0 Å². The van der Waals surface area contributed by atoms with Gasteiger partial charge in [0.2, 0.25) is 0 Å². The molecule has 1 fully saturated rings. The number of hydrogen-bond acceptors (Lipinski definition) is 5. The maximum Gasteiger partial charge on any atom is 0.355 e. The molecule has 1 aliphatic heterocycles. The number of esters is 1. The van der Waals surface area contributed by atoms with Crippen molar-refractivity contribution in [2.75, 3.05) is 13.2 Å². The van der Waals surface area contributed by atoms with Gasteiger partial charge in [-0.1, -0.05) is 29.3 Å². The number of benzene rings is 1. The topological polar surface area (TPSA) is 109 Å². The molecule has 1 atom stereocenters. The van der Waals surface area contributed by atoms with Gasteiger partial charge in [-0.3, -0.25) is 14.5 Å². The number of hydrogen-bond donors (Lipinski definition) is 2. The van der Waals surface area contributed by atoms with E-state index in [1.54, 1.807) is 32.9 Å². The highest BCUT2D eigenvalue weighted by molar-refractivity contribution is 6.35. The number of H-pyrrole nitrogens is 1. The summed E-state index contributed by atoms with van der Waals surface area (Å²) in [6, 6.07) is 3.87. The van der Waals surface area contributed by atoms with Gasteiger partial charge in [-0.05, 0) is 45.4 Å². The third kappa shape index (κ3) is 3.93. The third-order valence-electron chi connectivity index (χ3n) is 5.24. The molecule has 0 saturated carbocycles. The summed E-state index contributed by atoms with van der Waals surface area (Å²) in [6.07, 6.45) is 0. The average molecular weight is 466 g/mol. The molecular weight excluding hydrogens is 445 g/mol. The standard InChI is InChI=1S/C21H21Cl2N3O5/c1-5-31-18(28)17-10(2)16(11(3)24-17)15(27)9-26-19(29)21(4,25-20(26)30)13-7-6-12(22)8-14(13)23/h6-8,24H,5,9H2,1-4H3,(H,25,30). The fraction of sp³-hybridized carbons (Fsp3) is 0.333. The van der Waals surface area contributed by atoms with Gasteiger partial charge in [0, 0.05) is 26.9 Å². The summed E-state index contributed by atoms with van der Waals surface area (Å²) in [5, 5.41) is 3.21. The molecule has 1 aliphatic rings. The minimum atomic E-state index is -1.45. The van der Waals surface area contributed by atoms with Crippen molar-refractivity contribution in [2.24, 2.45) is 0 Å². The summed E-state index contributed by atoms with van der Waals surface area (Å²) < 4.78 is 4.99. The first-order valence-electron chi connectivity index (χ1n) is 9.50. The van der Waals surface area contributed by atoms with Gasteiger partial charge in [-0.2, -0.15) is 0 Å². The van der Waals surface area contributed by atoms with Crippen LogP contribution < -0.4 is 5.32 Å². The maximum atomic E-state index is 13.1. The lowest BCUT2D eigenvalue weighted by atomic mass is 9.92. The van der Waals surface area contributed by atoms with E-state index < -0.39 is 35.8 Å². The quantitative estimate of drug-likeness (QED) is 0.383. The van der Waals surface area contributed by atoms with E-state index in [0.29, 0.717) is 21.8 Å². The molecule has 8 nitrogen and oxygen atoms in total. The molecule has 0 aliphatic carbocycles. The van der Waals surface area contributed by atoms with Gasteiger partial charge in [0.25, 0.3) is 5.91 Å². The van der Waals surface area contributed by atoms with Crippen LogP contribution in [0.4, 0.5) is 4.79 Å².